The number of ether oxygens (including phenoxy) is 1. The number of nitrogens with zero attached hydrogens (tertiary/aromatic N) is 3. The molecule has 3 aromatic rings. The van der Waals surface area contributed by atoms with Gasteiger partial charge in [0.25, 0.3) is 0 Å². The van der Waals surface area contributed by atoms with Crippen LogP contribution in [0.25, 0.3) is 21.9 Å². The zero-order valence-electron chi connectivity index (χ0n) is 12.2. The second-order valence-electron chi connectivity index (χ2n) is 5.24. The van der Waals surface area contributed by atoms with Crippen LogP contribution in [0.2, 0.25) is 0 Å². The van der Waals surface area contributed by atoms with Crippen molar-refractivity contribution in [2.45, 2.75) is 32.4 Å². The first-order valence-electron chi connectivity index (χ1n) is 7.11. The molecular weight excluding hydrogens is 286 g/mol. The number of hydrogen-bond donors (Lipinski definition) is 0. The summed E-state index contributed by atoms with van der Waals surface area (Å²) in [7, 11) is 0. The zero-order chi connectivity index (χ0) is 14.8. The molecule has 0 spiro atoms. The Labute approximate surface area is 128 Å². The first-order valence-corrected chi connectivity index (χ1v) is 7.64. The first kappa shape index (κ1) is 14.3. The summed E-state index contributed by atoms with van der Waals surface area (Å²) in [6.45, 7) is 5.45. The molecule has 0 saturated heterocycles. The van der Waals surface area contributed by atoms with Gasteiger partial charge in [0, 0.05) is 11.9 Å². The third-order valence-electron chi connectivity index (χ3n) is 3.44. The number of halogens is 1. The van der Waals surface area contributed by atoms with Gasteiger partial charge in [0.15, 0.2) is 0 Å². The predicted octanol–water partition coefficient (Wildman–Crippen LogP) is 3.75. The summed E-state index contributed by atoms with van der Waals surface area (Å²) >= 11 is 6.05. The molecule has 3 rings (SSSR count). The SMILES string of the molecule is CC(C)OCCn1c(CCl)nc2cnc3ccccc3c21. The molecule has 2 heterocycles. The minimum Gasteiger partial charge on any atom is -0.377 e. The fourth-order valence-corrected chi connectivity index (χ4v) is 2.74. The van der Waals surface area contributed by atoms with Crippen molar-refractivity contribution in [1.82, 2.24) is 14.5 Å². The Morgan fingerprint density at radius 2 is 2.05 bits per heavy atom. The van der Waals surface area contributed by atoms with Crippen LogP contribution in [0.1, 0.15) is 19.7 Å². The van der Waals surface area contributed by atoms with E-state index in [1.54, 1.807) is 0 Å². The van der Waals surface area contributed by atoms with Gasteiger partial charge in [-0.3, -0.25) is 4.98 Å². The van der Waals surface area contributed by atoms with Crippen LogP contribution in [0.4, 0.5) is 0 Å². The normalized spacial score (nSPS) is 11.8. The van der Waals surface area contributed by atoms with E-state index in [1.165, 1.54) is 0 Å². The van der Waals surface area contributed by atoms with Gasteiger partial charge in [-0.25, -0.2) is 4.98 Å². The average molecular weight is 304 g/mol. The Kier molecular flexibility index (Phi) is 4.08. The lowest BCUT2D eigenvalue weighted by Crippen LogP contribution is -2.12. The summed E-state index contributed by atoms with van der Waals surface area (Å²) in [6, 6.07) is 8.10. The molecule has 0 saturated carbocycles. The van der Waals surface area contributed by atoms with E-state index in [9.17, 15) is 0 Å². The maximum Gasteiger partial charge on any atom is 0.125 e. The molecule has 4 nitrogen and oxygen atoms in total. The third kappa shape index (κ3) is 2.74. The third-order valence-corrected chi connectivity index (χ3v) is 3.68. The summed E-state index contributed by atoms with van der Waals surface area (Å²) in [5.74, 6) is 1.24. The molecule has 0 atom stereocenters. The van der Waals surface area contributed by atoms with Gasteiger partial charge in [-0.2, -0.15) is 0 Å². The van der Waals surface area contributed by atoms with Crippen LogP contribution < -0.4 is 0 Å². The van der Waals surface area contributed by atoms with Crippen LogP contribution >= 0.6 is 11.6 Å². The standard InChI is InChI=1S/C16H18ClN3O/c1-11(2)21-8-7-20-15(9-17)19-14-10-18-13-6-4-3-5-12(13)16(14)20/h3-6,10-11H,7-9H2,1-2H3. The summed E-state index contributed by atoms with van der Waals surface area (Å²) in [5.41, 5.74) is 2.94. The van der Waals surface area contributed by atoms with Crippen LogP contribution in [0.3, 0.4) is 0 Å². The number of imidazole rings is 1. The van der Waals surface area contributed by atoms with Crippen LogP contribution in [0.5, 0.6) is 0 Å². The second kappa shape index (κ2) is 6.00. The molecule has 0 N–H and O–H groups in total. The van der Waals surface area contributed by atoms with Crippen LogP contribution in [-0.4, -0.2) is 27.2 Å². The number of hydrogen-bond acceptors (Lipinski definition) is 3. The Morgan fingerprint density at radius 1 is 1.24 bits per heavy atom. The van der Waals surface area contributed by atoms with E-state index in [2.05, 4.69) is 20.6 Å². The Hall–Kier alpha value is -1.65. The summed E-state index contributed by atoms with van der Waals surface area (Å²) in [4.78, 5) is 9.05. The summed E-state index contributed by atoms with van der Waals surface area (Å²) < 4.78 is 7.82. The molecule has 0 fully saturated rings. The quantitative estimate of drug-likeness (QED) is 0.674. The fourth-order valence-electron chi connectivity index (χ4n) is 2.53. The highest BCUT2D eigenvalue weighted by molar-refractivity contribution is 6.17. The van der Waals surface area contributed by atoms with Gasteiger partial charge in [0.2, 0.25) is 0 Å². The summed E-state index contributed by atoms with van der Waals surface area (Å²) in [6.07, 6.45) is 2.03. The van der Waals surface area contributed by atoms with E-state index < -0.39 is 0 Å². The molecule has 1 aromatic carbocycles. The largest absolute Gasteiger partial charge is 0.377 e. The molecule has 0 bridgehead atoms. The van der Waals surface area contributed by atoms with Crippen molar-refractivity contribution < 1.29 is 4.74 Å². The molecule has 110 valence electrons. The van der Waals surface area contributed by atoms with Crippen molar-refractivity contribution in [3.8, 4) is 0 Å². The van der Waals surface area contributed by atoms with E-state index in [0.717, 1.165) is 34.3 Å². The minimum absolute atomic E-state index is 0.220. The highest BCUT2D eigenvalue weighted by Gasteiger charge is 2.13. The topological polar surface area (TPSA) is 39.9 Å². The van der Waals surface area contributed by atoms with Gasteiger partial charge < -0.3 is 9.30 Å². The lowest BCUT2D eigenvalue weighted by molar-refractivity contribution is 0.0730. The van der Waals surface area contributed by atoms with Crippen molar-refractivity contribution >= 4 is 33.5 Å². The van der Waals surface area contributed by atoms with E-state index in [0.29, 0.717) is 12.5 Å². The van der Waals surface area contributed by atoms with Crippen molar-refractivity contribution in [2.24, 2.45) is 0 Å². The van der Waals surface area contributed by atoms with Crippen LogP contribution in [-0.2, 0) is 17.2 Å². The second-order valence-corrected chi connectivity index (χ2v) is 5.51. The number of rotatable bonds is 5. The smallest absolute Gasteiger partial charge is 0.125 e. The van der Waals surface area contributed by atoms with Gasteiger partial charge in [-0.15, -0.1) is 11.6 Å². The van der Waals surface area contributed by atoms with E-state index in [4.69, 9.17) is 16.3 Å². The zero-order valence-corrected chi connectivity index (χ0v) is 13.0. The summed E-state index contributed by atoms with van der Waals surface area (Å²) in [5, 5.41) is 1.10. The van der Waals surface area contributed by atoms with Gasteiger partial charge >= 0.3 is 0 Å². The van der Waals surface area contributed by atoms with Crippen molar-refractivity contribution in [1.29, 1.82) is 0 Å². The number of fused-ring (bicyclic) bond motifs is 3. The van der Waals surface area contributed by atoms with E-state index in [-0.39, 0.29) is 6.10 Å². The predicted molar refractivity (Wildman–Crippen MR) is 85.7 cm³/mol. The molecule has 0 aliphatic rings. The molecular formula is C16H18ClN3O. The number of alkyl halides is 1. The monoisotopic (exact) mass is 303 g/mol. The number of aromatic nitrogens is 3. The Morgan fingerprint density at radius 3 is 2.81 bits per heavy atom. The van der Waals surface area contributed by atoms with Crippen molar-refractivity contribution in [2.75, 3.05) is 6.61 Å². The lowest BCUT2D eigenvalue weighted by Gasteiger charge is -2.11. The van der Waals surface area contributed by atoms with Gasteiger partial charge in [-0.05, 0) is 19.9 Å². The highest BCUT2D eigenvalue weighted by Crippen LogP contribution is 2.25. The van der Waals surface area contributed by atoms with Crippen molar-refractivity contribution in [3.05, 3.63) is 36.3 Å². The maximum atomic E-state index is 6.05. The number of para-hydroxylation sites is 1. The van der Waals surface area contributed by atoms with E-state index in [1.807, 2.05) is 38.2 Å². The number of benzene rings is 1. The lowest BCUT2D eigenvalue weighted by atomic mass is 10.2. The molecule has 2 aromatic heterocycles. The molecule has 0 aliphatic heterocycles. The average Bonchev–Trinajstić information content (AvgIpc) is 2.85. The van der Waals surface area contributed by atoms with E-state index >= 15 is 0 Å². The van der Waals surface area contributed by atoms with Gasteiger partial charge in [-0.1, -0.05) is 18.2 Å². The first-order chi connectivity index (χ1) is 10.2. The molecule has 0 unspecified atom stereocenters. The molecule has 0 aliphatic carbocycles. The molecule has 0 amide bonds. The Bertz CT molecular complexity index is 767. The molecule has 0 radical (unpaired) electrons. The number of pyridine rings is 1. The Balaban J connectivity index is 2.12. The van der Waals surface area contributed by atoms with Crippen molar-refractivity contribution in [3.63, 3.8) is 0 Å². The fraction of sp³-hybridized carbons (Fsp3) is 0.375. The molecule has 5 heteroatoms. The highest BCUT2D eigenvalue weighted by atomic mass is 35.5. The van der Waals surface area contributed by atoms with Gasteiger partial charge in [0.1, 0.15) is 11.3 Å². The maximum absolute atomic E-state index is 6.05. The van der Waals surface area contributed by atoms with Gasteiger partial charge in [0.05, 0.1) is 35.8 Å². The van der Waals surface area contributed by atoms with Crippen LogP contribution in [0.15, 0.2) is 30.5 Å². The molecule has 21 heavy (non-hydrogen) atoms. The minimum atomic E-state index is 0.220. The van der Waals surface area contributed by atoms with Crippen LogP contribution in [0, 0.1) is 0 Å².